The highest BCUT2D eigenvalue weighted by Gasteiger charge is 2.18. The summed E-state index contributed by atoms with van der Waals surface area (Å²) >= 11 is 0. The Morgan fingerprint density at radius 1 is 1.03 bits per heavy atom. The number of hydrogen-bond acceptors (Lipinski definition) is 5. The number of hydrogen-bond donors (Lipinski definition) is 0. The lowest BCUT2D eigenvalue weighted by Crippen LogP contribution is -2.35. The first-order chi connectivity index (χ1) is 13.9. The number of benzene rings is 2. The largest absolute Gasteiger partial charge is 0.456 e. The Balaban J connectivity index is 1.87. The molecule has 0 aliphatic heterocycles. The molecule has 0 unspecified atom stereocenters. The lowest BCUT2D eigenvalue weighted by Gasteiger charge is -2.21. The third kappa shape index (κ3) is 6.85. The average molecular weight is 396 g/mol. The smallest absolute Gasteiger partial charge is 0.306 e. The minimum Gasteiger partial charge on any atom is -0.456 e. The van der Waals surface area contributed by atoms with Crippen LogP contribution >= 0.6 is 0 Å². The number of aryl methyl sites for hydroxylation is 1. The number of ether oxygens (including phenoxy) is 1. The predicted octanol–water partition coefficient (Wildman–Crippen LogP) is 3.59. The average Bonchev–Trinajstić information content (AvgIpc) is 2.72. The van der Waals surface area contributed by atoms with Crippen LogP contribution in [-0.2, 0) is 14.3 Å². The lowest BCUT2D eigenvalue weighted by molar-refractivity contribution is -0.147. The van der Waals surface area contributed by atoms with Gasteiger partial charge in [-0.2, -0.15) is 5.26 Å². The van der Waals surface area contributed by atoms with Crippen molar-refractivity contribution < 1.29 is 23.5 Å². The van der Waals surface area contributed by atoms with Gasteiger partial charge in [-0.25, -0.2) is 4.39 Å². The molecular weight excluding hydrogens is 375 g/mol. The molecule has 7 heteroatoms. The van der Waals surface area contributed by atoms with Gasteiger partial charge in [-0.3, -0.25) is 14.4 Å². The van der Waals surface area contributed by atoms with E-state index in [1.165, 1.54) is 29.2 Å². The third-order valence-corrected chi connectivity index (χ3v) is 4.17. The van der Waals surface area contributed by atoms with Gasteiger partial charge in [0.2, 0.25) is 0 Å². The molecule has 0 spiro atoms. The van der Waals surface area contributed by atoms with E-state index in [1.54, 1.807) is 12.1 Å². The van der Waals surface area contributed by atoms with Crippen LogP contribution in [0.4, 0.5) is 10.1 Å². The highest BCUT2D eigenvalue weighted by atomic mass is 19.1. The molecule has 29 heavy (non-hydrogen) atoms. The number of esters is 1. The van der Waals surface area contributed by atoms with Gasteiger partial charge in [0.05, 0.1) is 18.9 Å². The second-order valence-electron chi connectivity index (χ2n) is 6.38. The maximum absolute atomic E-state index is 12.9. The highest BCUT2D eigenvalue weighted by Crippen LogP contribution is 2.16. The topological polar surface area (TPSA) is 87.5 Å². The fraction of sp³-hybridized carbons (Fsp3) is 0.273. The zero-order chi connectivity index (χ0) is 21.2. The molecule has 0 radical (unpaired) electrons. The molecule has 2 rings (SSSR count). The predicted molar refractivity (Wildman–Crippen MR) is 105 cm³/mol. The second-order valence-corrected chi connectivity index (χ2v) is 6.38. The van der Waals surface area contributed by atoms with Crippen molar-refractivity contribution in [3.05, 3.63) is 65.5 Å². The van der Waals surface area contributed by atoms with Crippen LogP contribution < -0.4 is 4.90 Å². The van der Waals surface area contributed by atoms with Crippen LogP contribution in [0.15, 0.2) is 48.5 Å². The molecule has 150 valence electrons. The fourth-order valence-corrected chi connectivity index (χ4v) is 2.57. The van der Waals surface area contributed by atoms with Crippen LogP contribution in [0.1, 0.15) is 35.2 Å². The molecule has 0 heterocycles. The maximum atomic E-state index is 12.9. The molecule has 1 amide bonds. The zero-order valence-corrected chi connectivity index (χ0v) is 16.1. The maximum Gasteiger partial charge on any atom is 0.306 e. The number of anilines is 1. The number of ketones is 1. The molecule has 0 aliphatic rings. The first-order valence-electron chi connectivity index (χ1n) is 9.09. The summed E-state index contributed by atoms with van der Waals surface area (Å²) in [5.74, 6) is -1.90. The lowest BCUT2D eigenvalue weighted by atomic mass is 10.1. The van der Waals surface area contributed by atoms with Crippen LogP contribution in [0, 0.1) is 24.1 Å². The van der Waals surface area contributed by atoms with Crippen molar-refractivity contribution in [1.29, 1.82) is 5.26 Å². The van der Waals surface area contributed by atoms with Crippen molar-refractivity contribution in [2.24, 2.45) is 0 Å². The van der Waals surface area contributed by atoms with Crippen molar-refractivity contribution in [1.82, 2.24) is 0 Å². The van der Waals surface area contributed by atoms with Crippen LogP contribution in [0.3, 0.4) is 0 Å². The van der Waals surface area contributed by atoms with E-state index >= 15 is 0 Å². The van der Waals surface area contributed by atoms with Gasteiger partial charge in [-0.15, -0.1) is 0 Å². The van der Waals surface area contributed by atoms with Crippen LogP contribution in [0.25, 0.3) is 0 Å². The second kappa shape index (κ2) is 10.7. The van der Waals surface area contributed by atoms with Gasteiger partial charge in [0.1, 0.15) is 5.82 Å². The summed E-state index contributed by atoms with van der Waals surface area (Å²) < 4.78 is 17.9. The summed E-state index contributed by atoms with van der Waals surface area (Å²) in [4.78, 5) is 37.8. The quantitative estimate of drug-likeness (QED) is 0.477. The summed E-state index contributed by atoms with van der Waals surface area (Å²) in [5.41, 5.74) is 1.94. The van der Waals surface area contributed by atoms with E-state index in [0.29, 0.717) is 11.3 Å². The van der Waals surface area contributed by atoms with E-state index in [1.807, 2.05) is 25.1 Å². The molecule has 0 N–H and O–H groups in total. The Hall–Kier alpha value is -3.53. The van der Waals surface area contributed by atoms with Gasteiger partial charge in [0, 0.05) is 24.2 Å². The molecule has 6 nitrogen and oxygen atoms in total. The summed E-state index contributed by atoms with van der Waals surface area (Å²) in [6, 6.07) is 14.2. The molecule has 2 aromatic carbocycles. The minimum atomic E-state index is -0.682. The highest BCUT2D eigenvalue weighted by molar-refractivity contribution is 5.98. The number of nitrogens with zero attached hydrogens (tertiary/aromatic N) is 2. The monoisotopic (exact) mass is 396 g/mol. The molecule has 0 saturated heterocycles. The normalized spacial score (nSPS) is 10.1. The van der Waals surface area contributed by atoms with Gasteiger partial charge in [-0.05, 0) is 43.3 Å². The molecule has 0 fully saturated rings. The van der Waals surface area contributed by atoms with Crippen molar-refractivity contribution in [3.63, 3.8) is 0 Å². The van der Waals surface area contributed by atoms with Gasteiger partial charge in [0.25, 0.3) is 5.91 Å². The summed E-state index contributed by atoms with van der Waals surface area (Å²) in [5, 5.41) is 8.81. The number of halogens is 1. The number of carbonyl (C=O) groups excluding carboxylic acids is 3. The number of carbonyl (C=O) groups is 3. The molecule has 2 aromatic rings. The van der Waals surface area contributed by atoms with Crippen molar-refractivity contribution >= 4 is 23.3 Å². The number of nitriles is 1. The molecule has 0 aromatic heterocycles. The van der Waals surface area contributed by atoms with Crippen LogP contribution in [-0.4, -0.2) is 30.8 Å². The molecule has 0 saturated carbocycles. The van der Waals surface area contributed by atoms with Crippen molar-refractivity contribution in [2.75, 3.05) is 18.1 Å². The van der Waals surface area contributed by atoms with E-state index < -0.39 is 24.3 Å². The standard InChI is InChI=1S/C22H21FN2O4/c1-16-3-9-19(10-4-16)25(14-2-13-24)21(27)15-29-22(28)12-11-20(26)17-5-7-18(23)8-6-17/h3-10H,2,11-12,14-15H2,1H3. The third-order valence-electron chi connectivity index (χ3n) is 4.17. The SMILES string of the molecule is Cc1ccc(N(CCC#N)C(=O)COC(=O)CCC(=O)c2ccc(F)cc2)cc1. The Morgan fingerprint density at radius 3 is 2.31 bits per heavy atom. The van der Waals surface area contributed by atoms with E-state index in [0.717, 1.165) is 5.56 Å². The summed E-state index contributed by atoms with van der Waals surface area (Å²) in [6.07, 6.45) is -0.152. The van der Waals surface area contributed by atoms with E-state index in [2.05, 4.69) is 0 Å². The Labute approximate surface area is 168 Å². The first kappa shape index (κ1) is 21.8. The van der Waals surface area contributed by atoms with Crippen molar-refractivity contribution in [2.45, 2.75) is 26.2 Å². The summed E-state index contributed by atoms with van der Waals surface area (Å²) in [6.45, 7) is 1.61. The van der Waals surface area contributed by atoms with Gasteiger partial charge >= 0.3 is 5.97 Å². The molecule has 0 bridgehead atoms. The molecule has 0 atom stereocenters. The zero-order valence-electron chi connectivity index (χ0n) is 16.1. The van der Waals surface area contributed by atoms with Crippen LogP contribution in [0.5, 0.6) is 0 Å². The van der Waals surface area contributed by atoms with Crippen molar-refractivity contribution in [3.8, 4) is 6.07 Å². The Morgan fingerprint density at radius 2 is 1.69 bits per heavy atom. The fourth-order valence-electron chi connectivity index (χ4n) is 2.57. The van der Waals surface area contributed by atoms with E-state index in [9.17, 15) is 18.8 Å². The number of Topliss-reactive ketones (excluding diaryl/α,β-unsaturated/α-hetero) is 1. The Bertz CT molecular complexity index is 902. The molecular formula is C22H21FN2O4. The van der Waals surface area contributed by atoms with Gasteiger partial charge < -0.3 is 9.64 Å². The van der Waals surface area contributed by atoms with Gasteiger partial charge in [0.15, 0.2) is 12.4 Å². The van der Waals surface area contributed by atoms with E-state index in [4.69, 9.17) is 10.00 Å². The number of rotatable bonds is 9. The Kier molecular flexibility index (Phi) is 8.04. The van der Waals surface area contributed by atoms with Gasteiger partial charge in [-0.1, -0.05) is 17.7 Å². The first-order valence-corrected chi connectivity index (χ1v) is 9.09. The van der Waals surface area contributed by atoms with E-state index in [-0.39, 0.29) is 31.6 Å². The summed E-state index contributed by atoms with van der Waals surface area (Å²) in [7, 11) is 0. The van der Waals surface area contributed by atoms with Crippen LogP contribution in [0.2, 0.25) is 0 Å². The minimum absolute atomic E-state index is 0.102. The molecule has 0 aliphatic carbocycles. The number of amides is 1.